The summed E-state index contributed by atoms with van der Waals surface area (Å²) >= 11 is 0. The van der Waals surface area contributed by atoms with Crippen LogP contribution in [0.5, 0.6) is 5.75 Å². The summed E-state index contributed by atoms with van der Waals surface area (Å²) in [5, 5.41) is 3.42. The Labute approximate surface area is 188 Å². The molecule has 6 nitrogen and oxygen atoms in total. The van der Waals surface area contributed by atoms with Crippen LogP contribution in [0.1, 0.15) is 21.6 Å². The Balaban J connectivity index is 0.00000128. The van der Waals surface area contributed by atoms with E-state index in [1.54, 1.807) is 0 Å². The molecule has 160 valence electrons. The van der Waals surface area contributed by atoms with Crippen molar-refractivity contribution in [2.45, 2.75) is 13.5 Å². The van der Waals surface area contributed by atoms with E-state index in [1.807, 2.05) is 65.0 Å². The summed E-state index contributed by atoms with van der Waals surface area (Å²) < 4.78 is 8.03. The highest BCUT2D eigenvalue weighted by Gasteiger charge is 2.38. The molecule has 0 saturated carbocycles. The van der Waals surface area contributed by atoms with Crippen molar-refractivity contribution in [1.82, 2.24) is 19.6 Å². The topological polar surface area (TPSA) is 58.9 Å². The van der Waals surface area contributed by atoms with Crippen LogP contribution in [0.2, 0.25) is 0 Å². The number of halogens is 2. The highest BCUT2D eigenvalue weighted by atomic mass is 35.5. The van der Waals surface area contributed by atoms with E-state index in [9.17, 15) is 4.79 Å². The fourth-order valence-corrected chi connectivity index (χ4v) is 4.39. The molecule has 2 aromatic heterocycles. The first-order chi connectivity index (χ1) is 13.7. The number of hydrogen-bond donors (Lipinski definition) is 1. The third-order valence-corrected chi connectivity index (χ3v) is 5.90. The monoisotopic (exact) mass is 448 g/mol. The summed E-state index contributed by atoms with van der Waals surface area (Å²) in [6, 6.07) is 11.6. The lowest BCUT2D eigenvalue weighted by atomic mass is 10.0. The zero-order valence-electron chi connectivity index (χ0n) is 16.8. The van der Waals surface area contributed by atoms with Gasteiger partial charge >= 0.3 is 0 Å². The molecule has 0 bridgehead atoms. The van der Waals surface area contributed by atoms with Crippen molar-refractivity contribution < 1.29 is 9.53 Å². The van der Waals surface area contributed by atoms with Crippen LogP contribution in [0, 0.1) is 18.8 Å². The smallest absolute Gasteiger partial charge is 0.257 e. The summed E-state index contributed by atoms with van der Waals surface area (Å²) in [4.78, 5) is 19.7. The number of para-hydroxylation sites is 1. The second kappa shape index (κ2) is 9.25. The molecule has 1 N–H and O–H groups in total. The number of likely N-dealkylation sites (tertiary alicyclic amines) is 1. The lowest BCUT2D eigenvalue weighted by molar-refractivity contribution is 0.0776. The number of imidazole rings is 1. The number of nitrogens with zero attached hydrogens (tertiary/aromatic N) is 3. The third kappa shape index (κ3) is 4.13. The van der Waals surface area contributed by atoms with Crippen molar-refractivity contribution in [3.8, 4) is 5.75 Å². The zero-order valence-corrected chi connectivity index (χ0v) is 18.4. The Kier molecular flexibility index (Phi) is 6.91. The Hall–Kier alpha value is -2.28. The van der Waals surface area contributed by atoms with Crippen LogP contribution in [0.4, 0.5) is 0 Å². The Morgan fingerprint density at radius 3 is 2.60 bits per heavy atom. The van der Waals surface area contributed by atoms with E-state index in [-0.39, 0.29) is 30.7 Å². The molecule has 0 spiro atoms. The summed E-state index contributed by atoms with van der Waals surface area (Å²) in [5.41, 5.74) is 3.54. The molecule has 2 fully saturated rings. The molecule has 0 aliphatic carbocycles. The molecule has 2 saturated heterocycles. The number of ether oxygens (including phenoxy) is 1. The predicted molar refractivity (Wildman–Crippen MR) is 121 cm³/mol. The van der Waals surface area contributed by atoms with Crippen LogP contribution in [0.25, 0.3) is 5.65 Å². The number of carbonyl (C=O) groups excluding carboxylic acids is 1. The maximum atomic E-state index is 13.1. The molecule has 1 amide bonds. The fraction of sp³-hybridized carbons (Fsp3) is 0.364. The molecule has 8 heteroatoms. The van der Waals surface area contributed by atoms with Gasteiger partial charge in [-0.15, -0.1) is 24.8 Å². The molecule has 5 rings (SSSR count). The quantitative estimate of drug-likeness (QED) is 0.664. The van der Waals surface area contributed by atoms with Gasteiger partial charge in [0.05, 0.1) is 11.3 Å². The highest BCUT2D eigenvalue weighted by Crippen LogP contribution is 2.29. The number of aryl methyl sites for hydroxylation is 1. The van der Waals surface area contributed by atoms with E-state index >= 15 is 0 Å². The van der Waals surface area contributed by atoms with Gasteiger partial charge in [-0.3, -0.25) is 4.79 Å². The largest absolute Gasteiger partial charge is 0.486 e. The van der Waals surface area contributed by atoms with Crippen LogP contribution in [-0.4, -0.2) is 46.4 Å². The molecule has 2 aliphatic rings. The van der Waals surface area contributed by atoms with Gasteiger partial charge in [0.25, 0.3) is 5.91 Å². The first-order valence-electron chi connectivity index (χ1n) is 9.84. The number of nitrogens with one attached hydrogen (secondary N) is 1. The van der Waals surface area contributed by atoms with Crippen LogP contribution in [-0.2, 0) is 6.61 Å². The Morgan fingerprint density at radius 1 is 1.13 bits per heavy atom. The molecule has 30 heavy (non-hydrogen) atoms. The van der Waals surface area contributed by atoms with Gasteiger partial charge in [-0.05, 0) is 42.5 Å². The van der Waals surface area contributed by atoms with Crippen molar-refractivity contribution in [1.29, 1.82) is 0 Å². The number of fused-ring (bicyclic) bond motifs is 2. The van der Waals surface area contributed by atoms with Crippen molar-refractivity contribution in [3.63, 3.8) is 0 Å². The molecule has 2 aliphatic heterocycles. The molecule has 4 heterocycles. The van der Waals surface area contributed by atoms with Gasteiger partial charge in [-0.2, -0.15) is 0 Å². The van der Waals surface area contributed by atoms with E-state index in [0.29, 0.717) is 29.8 Å². The van der Waals surface area contributed by atoms with E-state index in [4.69, 9.17) is 4.74 Å². The van der Waals surface area contributed by atoms with E-state index < -0.39 is 0 Å². The predicted octanol–water partition coefficient (Wildman–Crippen LogP) is 3.36. The second-order valence-electron chi connectivity index (χ2n) is 7.83. The highest BCUT2D eigenvalue weighted by molar-refractivity contribution is 5.97. The van der Waals surface area contributed by atoms with Gasteiger partial charge in [0, 0.05) is 38.6 Å². The number of benzene rings is 1. The minimum Gasteiger partial charge on any atom is -0.486 e. The maximum Gasteiger partial charge on any atom is 0.257 e. The van der Waals surface area contributed by atoms with Gasteiger partial charge in [-0.1, -0.05) is 18.2 Å². The molecule has 1 aromatic carbocycles. The number of rotatable bonds is 4. The lowest BCUT2D eigenvalue weighted by Crippen LogP contribution is -2.32. The minimum absolute atomic E-state index is 0. The minimum atomic E-state index is 0. The van der Waals surface area contributed by atoms with E-state index in [1.165, 1.54) is 0 Å². The first kappa shape index (κ1) is 22.4. The first-order valence-corrected chi connectivity index (χ1v) is 9.84. The van der Waals surface area contributed by atoms with Crippen molar-refractivity contribution in [2.24, 2.45) is 11.8 Å². The zero-order chi connectivity index (χ0) is 19.1. The Morgan fingerprint density at radius 2 is 1.87 bits per heavy atom. The normalized spacial score (nSPS) is 19.8. The van der Waals surface area contributed by atoms with Gasteiger partial charge in [0.2, 0.25) is 0 Å². The molecule has 0 unspecified atom stereocenters. The molecule has 2 atom stereocenters. The molecule has 3 aromatic rings. The average molecular weight is 449 g/mol. The number of pyridine rings is 1. The summed E-state index contributed by atoms with van der Waals surface area (Å²) in [6.45, 7) is 6.06. The molecular weight excluding hydrogens is 423 g/mol. The van der Waals surface area contributed by atoms with Crippen molar-refractivity contribution in [2.75, 3.05) is 26.2 Å². The molecule has 0 radical (unpaired) electrons. The number of amides is 1. The van der Waals surface area contributed by atoms with E-state index in [0.717, 1.165) is 43.1 Å². The number of hydrogen-bond acceptors (Lipinski definition) is 4. The number of carbonyl (C=O) groups is 1. The van der Waals surface area contributed by atoms with Crippen LogP contribution < -0.4 is 10.1 Å². The summed E-state index contributed by atoms with van der Waals surface area (Å²) in [7, 11) is 0. The van der Waals surface area contributed by atoms with Crippen LogP contribution >= 0.6 is 24.8 Å². The fourth-order valence-electron chi connectivity index (χ4n) is 4.39. The SMILES string of the molecule is Cc1cccn2cc(COc3ccccc3C(=O)N3C[C@H]4CNC[C@H]4C3)nc12.Cl.Cl. The van der Waals surface area contributed by atoms with E-state index in [2.05, 4.69) is 10.3 Å². The van der Waals surface area contributed by atoms with Gasteiger partial charge in [-0.25, -0.2) is 4.98 Å². The van der Waals surface area contributed by atoms with Crippen molar-refractivity contribution >= 4 is 36.4 Å². The standard InChI is InChI=1S/C22H24N4O2.2ClH/c1-15-5-4-8-25-13-18(24-21(15)25)14-28-20-7-3-2-6-19(20)22(27)26-11-16-9-23-10-17(16)12-26;;/h2-8,13,16-17,23H,9-12,14H2,1H3;2*1H/t16-,17+;;. The Bertz CT molecular complexity index is 1030. The average Bonchev–Trinajstić information content (AvgIpc) is 3.41. The third-order valence-electron chi connectivity index (χ3n) is 5.90. The van der Waals surface area contributed by atoms with Crippen LogP contribution in [0.15, 0.2) is 48.8 Å². The maximum absolute atomic E-state index is 13.1. The summed E-state index contributed by atoms with van der Waals surface area (Å²) in [6.07, 6.45) is 3.96. The second-order valence-corrected chi connectivity index (χ2v) is 7.83. The van der Waals surface area contributed by atoms with Gasteiger partial charge < -0.3 is 19.4 Å². The summed E-state index contributed by atoms with van der Waals surface area (Å²) in [5.74, 6) is 1.85. The van der Waals surface area contributed by atoms with Crippen LogP contribution in [0.3, 0.4) is 0 Å². The van der Waals surface area contributed by atoms with Gasteiger partial charge in [0.1, 0.15) is 18.0 Å². The molecular formula is C22H26Cl2N4O2. The lowest BCUT2D eigenvalue weighted by Gasteiger charge is -2.19. The number of aromatic nitrogens is 2. The van der Waals surface area contributed by atoms with Crippen molar-refractivity contribution in [3.05, 3.63) is 65.6 Å². The van der Waals surface area contributed by atoms with Gasteiger partial charge in [0.15, 0.2) is 0 Å².